The van der Waals surface area contributed by atoms with E-state index in [0.717, 1.165) is 29.0 Å². The molecule has 2 amide bonds. The summed E-state index contributed by atoms with van der Waals surface area (Å²) in [6, 6.07) is 6.69. The topological polar surface area (TPSA) is 106 Å². The van der Waals surface area contributed by atoms with Crippen LogP contribution in [-0.4, -0.2) is 38.4 Å². The van der Waals surface area contributed by atoms with Gasteiger partial charge in [-0.15, -0.1) is 11.3 Å². The number of fused-ring (bicyclic) bond motifs is 1. The van der Waals surface area contributed by atoms with Crippen molar-refractivity contribution in [3.05, 3.63) is 76.4 Å². The first-order valence-corrected chi connectivity index (χ1v) is 13.5. The first-order valence-electron chi connectivity index (χ1n) is 12.7. The fraction of sp³-hybridized carbons (Fsp3) is 0.250. The lowest BCUT2D eigenvalue weighted by atomic mass is 9.96. The highest BCUT2D eigenvalue weighted by atomic mass is 32.1. The Morgan fingerprint density at radius 2 is 1.98 bits per heavy atom. The maximum atomic E-state index is 14.3. The van der Waals surface area contributed by atoms with Crippen molar-refractivity contribution in [2.75, 3.05) is 11.9 Å². The van der Waals surface area contributed by atoms with Crippen LogP contribution in [0.25, 0.3) is 27.5 Å². The number of nitrogens with zero attached hydrogens (tertiary/aromatic N) is 5. The Hall–Kier alpha value is -4.45. The number of halogens is 2. The predicted octanol–water partition coefficient (Wildman–Crippen LogP) is 5.63. The number of pyridine rings is 1. The van der Waals surface area contributed by atoms with E-state index in [1.807, 2.05) is 36.6 Å². The fourth-order valence-electron chi connectivity index (χ4n) is 5.26. The van der Waals surface area contributed by atoms with Gasteiger partial charge in [0.15, 0.2) is 11.6 Å². The molecule has 1 aliphatic rings. The Labute approximate surface area is 231 Å². The van der Waals surface area contributed by atoms with Crippen LogP contribution in [-0.2, 0) is 4.79 Å². The van der Waals surface area contributed by atoms with E-state index in [1.165, 1.54) is 29.4 Å². The average molecular weight is 563 g/mol. The molecule has 1 fully saturated rings. The zero-order valence-corrected chi connectivity index (χ0v) is 22.7. The molecule has 1 aromatic carbocycles. The molecule has 0 bridgehead atoms. The zero-order valence-electron chi connectivity index (χ0n) is 21.9. The van der Waals surface area contributed by atoms with Gasteiger partial charge in [-0.05, 0) is 56.5 Å². The number of aryl methyl sites for hydroxylation is 2. The van der Waals surface area contributed by atoms with E-state index < -0.39 is 17.7 Å². The molecule has 12 heteroatoms. The van der Waals surface area contributed by atoms with Crippen molar-refractivity contribution in [1.82, 2.24) is 24.8 Å². The van der Waals surface area contributed by atoms with E-state index in [0.29, 0.717) is 40.6 Å². The Morgan fingerprint density at radius 3 is 2.70 bits per heavy atom. The number of amides is 2. The normalized spacial score (nSPS) is 15.7. The second kappa shape index (κ2) is 9.94. The molecule has 9 nitrogen and oxygen atoms in total. The van der Waals surface area contributed by atoms with Crippen LogP contribution in [0.15, 0.2) is 46.4 Å². The van der Waals surface area contributed by atoms with Crippen LogP contribution in [0.1, 0.15) is 52.9 Å². The second-order valence-corrected chi connectivity index (χ2v) is 10.4. The molecular weight excluding hydrogens is 538 g/mol. The number of benzene rings is 1. The highest BCUT2D eigenvalue weighted by Crippen LogP contribution is 2.41. The Bertz CT molecular complexity index is 1770. The van der Waals surface area contributed by atoms with Crippen molar-refractivity contribution < 1.29 is 22.9 Å². The molecule has 0 aliphatic carbocycles. The number of thiazole rings is 1. The number of carbonyl (C=O) groups excluding carboxylic acids is 2. The molecule has 6 rings (SSSR count). The van der Waals surface area contributed by atoms with Crippen molar-refractivity contribution in [3.63, 3.8) is 0 Å². The van der Waals surface area contributed by atoms with Gasteiger partial charge in [0.05, 0.1) is 17.4 Å². The van der Waals surface area contributed by atoms with Crippen LogP contribution in [0.3, 0.4) is 0 Å². The molecule has 204 valence electrons. The van der Waals surface area contributed by atoms with Gasteiger partial charge in [-0.25, -0.2) is 18.7 Å². The fourth-order valence-corrected chi connectivity index (χ4v) is 6.11. The maximum Gasteiger partial charge on any atom is 0.270 e. The van der Waals surface area contributed by atoms with Crippen LogP contribution >= 0.6 is 11.3 Å². The van der Waals surface area contributed by atoms with E-state index in [9.17, 15) is 18.4 Å². The van der Waals surface area contributed by atoms with Crippen molar-refractivity contribution in [3.8, 4) is 21.8 Å². The Kier molecular flexibility index (Phi) is 6.41. The van der Waals surface area contributed by atoms with Crippen LogP contribution in [0.2, 0.25) is 0 Å². The summed E-state index contributed by atoms with van der Waals surface area (Å²) in [6.07, 6.45) is 3.27. The van der Waals surface area contributed by atoms with Gasteiger partial charge in [-0.3, -0.25) is 14.0 Å². The van der Waals surface area contributed by atoms with Crippen LogP contribution in [0.4, 0.5) is 14.5 Å². The van der Waals surface area contributed by atoms with Crippen LogP contribution in [0, 0.1) is 25.5 Å². The molecule has 1 saturated heterocycles. The molecule has 0 radical (unpaired) electrons. The van der Waals surface area contributed by atoms with Crippen molar-refractivity contribution in [2.45, 2.75) is 39.2 Å². The number of anilines is 1. The van der Waals surface area contributed by atoms with E-state index >= 15 is 0 Å². The van der Waals surface area contributed by atoms with Crippen LogP contribution < -0.4 is 10.2 Å². The highest BCUT2D eigenvalue weighted by Gasteiger charge is 2.36. The van der Waals surface area contributed by atoms with Gasteiger partial charge >= 0.3 is 0 Å². The van der Waals surface area contributed by atoms with Crippen LogP contribution in [0.5, 0.6) is 0 Å². The molecule has 0 saturated carbocycles. The van der Waals surface area contributed by atoms with Crippen molar-refractivity contribution in [1.29, 1.82) is 0 Å². The third-order valence-electron chi connectivity index (χ3n) is 7.09. The smallest absolute Gasteiger partial charge is 0.270 e. The van der Waals surface area contributed by atoms with Gasteiger partial charge in [-0.2, -0.15) is 0 Å². The number of hydrogen-bond donors (Lipinski definition) is 1. The first-order chi connectivity index (χ1) is 19.3. The highest BCUT2D eigenvalue weighted by molar-refractivity contribution is 7.13. The molecular formula is C28H24F2N6O3S. The Balaban J connectivity index is 1.56. The molecule has 40 heavy (non-hydrogen) atoms. The van der Waals surface area contributed by atoms with Gasteiger partial charge in [0, 0.05) is 42.4 Å². The second-order valence-electron chi connectivity index (χ2n) is 9.58. The number of rotatable bonds is 5. The summed E-state index contributed by atoms with van der Waals surface area (Å²) >= 11 is 1.28. The number of hydrogen-bond acceptors (Lipinski definition) is 7. The van der Waals surface area contributed by atoms with Crippen molar-refractivity contribution >= 4 is 34.5 Å². The predicted molar refractivity (Wildman–Crippen MR) is 145 cm³/mol. The molecule has 5 aromatic rings. The molecule has 0 spiro atoms. The number of piperidine rings is 1. The summed E-state index contributed by atoms with van der Waals surface area (Å²) in [5.74, 6) is -1.90. The van der Waals surface area contributed by atoms with E-state index in [1.54, 1.807) is 5.38 Å². The number of nitrogens with one attached hydrogen (secondary N) is 1. The van der Waals surface area contributed by atoms with E-state index in [4.69, 9.17) is 9.51 Å². The third kappa shape index (κ3) is 4.24. The average Bonchev–Trinajstić information content (AvgIpc) is 3.66. The number of aromatic nitrogens is 4. The summed E-state index contributed by atoms with van der Waals surface area (Å²) in [5, 5.41) is 8.84. The molecule has 1 aliphatic heterocycles. The standard InChI is InChI=1S/C28H24F2N6O3S/c1-14-24(15(2)39-34-14)16-9-10-35-22(11-16)33-25(26(35)28-32-20(13-40-28)27(38)31-3)21-5-4-6-23(37)36(21)17-7-8-18(29)19(30)12-17/h7-13,21H,4-6H2,1-3H3,(H,31,38)/t21-/m0/s1. The minimum atomic E-state index is -1.04. The van der Waals surface area contributed by atoms with Gasteiger partial charge in [0.25, 0.3) is 5.91 Å². The number of imidazole rings is 1. The molecule has 0 unspecified atom stereocenters. The van der Waals surface area contributed by atoms with Gasteiger partial charge < -0.3 is 14.7 Å². The summed E-state index contributed by atoms with van der Waals surface area (Å²) in [7, 11) is 1.53. The maximum absolute atomic E-state index is 14.3. The minimum Gasteiger partial charge on any atom is -0.361 e. The quantitative estimate of drug-likeness (QED) is 0.298. The van der Waals surface area contributed by atoms with Gasteiger partial charge in [0.1, 0.15) is 27.8 Å². The zero-order chi connectivity index (χ0) is 28.1. The lowest BCUT2D eigenvalue weighted by molar-refractivity contribution is -0.120. The minimum absolute atomic E-state index is 0.216. The van der Waals surface area contributed by atoms with E-state index in [-0.39, 0.29) is 29.6 Å². The summed E-state index contributed by atoms with van der Waals surface area (Å²) < 4.78 is 35.3. The van der Waals surface area contributed by atoms with E-state index in [2.05, 4.69) is 15.5 Å². The lowest BCUT2D eigenvalue weighted by Crippen LogP contribution is -2.38. The molecule has 5 heterocycles. The summed E-state index contributed by atoms with van der Waals surface area (Å²) in [5.41, 5.74) is 4.72. The number of carbonyl (C=O) groups is 2. The molecule has 1 atom stereocenters. The summed E-state index contributed by atoms with van der Waals surface area (Å²) in [6.45, 7) is 3.70. The van der Waals surface area contributed by atoms with Gasteiger partial charge in [-0.1, -0.05) is 5.16 Å². The summed E-state index contributed by atoms with van der Waals surface area (Å²) in [4.78, 5) is 36.6. The largest absolute Gasteiger partial charge is 0.361 e. The monoisotopic (exact) mass is 562 g/mol. The lowest BCUT2D eigenvalue weighted by Gasteiger charge is -2.35. The van der Waals surface area contributed by atoms with Crippen molar-refractivity contribution in [2.24, 2.45) is 0 Å². The Morgan fingerprint density at radius 1 is 1.15 bits per heavy atom. The third-order valence-corrected chi connectivity index (χ3v) is 7.94. The first kappa shape index (κ1) is 25.8. The van der Waals surface area contributed by atoms with Gasteiger partial charge in [0.2, 0.25) is 5.91 Å². The SMILES string of the molecule is CNC(=O)c1csc(-c2c([C@@H]3CCCC(=O)N3c3ccc(F)c(F)c3)nc3cc(-c4c(C)noc4C)ccn23)n1. The molecule has 1 N–H and O–H groups in total. The molecule has 4 aromatic heterocycles.